The van der Waals surface area contributed by atoms with Crippen molar-refractivity contribution in [3.05, 3.63) is 36.4 Å². The number of rotatable bonds is 20. The molecule has 646 valence electrons. The summed E-state index contributed by atoms with van der Waals surface area (Å²) < 4.78 is 0. The van der Waals surface area contributed by atoms with Gasteiger partial charge in [-0.2, -0.15) is 0 Å². The molecule has 2 bridgehead atoms. The van der Waals surface area contributed by atoms with Gasteiger partial charge in [0.05, 0.1) is 32.2 Å². The van der Waals surface area contributed by atoms with E-state index in [1.807, 2.05) is 0 Å². The number of aliphatic hydroxyl groups excluding tert-OH is 1. The first-order valence-electron chi connectivity index (χ1n) is 37.6. The van der Waals surface area contributed by atoms with E-state index in [2.05, 4.69) is 94.4 Å². The molecule has 17 amide bonds. The number of aromatic nitrogens is 4. The number of carbonyl (C=O) groups is 18. The number of amides is 17. The van der Waals surface area contributed by atoms with Crippen molar-refractivity contribution < 1.29 is 96.5 Å². The van der Waals surface area contributed by atoms with Crippen LogP contribution in [0.4, 0.5) is 0 Å². The number of hydrogen-bond acceptors (Lipinski definition) is 27. The third-order valence-corrected chi connectivity index (χ3v) is 23.7. The number of aliphatic hydroxyl groups is 1. The highest BCUT2D eigenvalue weighted by Crippen LogP contribution is 2.27. The van der Waals surface area contributed by atoms with Gasteiger partial charge in [-0.1, -0.05) is 70.9 Å². The van der Waals surface area contributed by atoms with Gasteiger partial charge in [0.15, 0.2) is 5.96 Å². The molecule has 0 aliphatic carbocycles. The summed E-state index contributed by atoms with van der Waals surface area (Å²) in [7, 11) is 3.24. The number of aliphatic carboxylic acids is 1. The van der Waals surface area contributed by atoms with Crippen LogP contribution in [0.25, 0.3) is 0 Å². The van der Waals surface area contributed by atoms with Gasteiger partial charge in [0.1, 0.15) is 90.6 Å². The van der Waals surface area contributed by atoms with Crippen LogP contribution in [0.15, 0.2) is 25.0 Å². The summed E-state index contributed by atoms with van der Waals surface area (Å²) in [5.74, 6) is -22.5. The van der Waals surface area contributed by atoms with Crippen LogP contribution in [0.5, 0.6) is 0 Å². The first-order valence-corrected chi connectivity index (χ1v) is 42.6. The number of nitrogens with two attached hydrogens (primary N) is 4. The number of primary amides is 2. The van der Waals surface area contributed by atoms with Crippen molar-refractivity contribution in [3.8, 4) is 0 Å². The van der Waals surface area contributed by atoms with Crippen LogP contribution < -0.4 is 97.4 Å². The standard InChI is InChI=1S/C68H105N25O20S4/c1-31(2)17-38-57(103)88-43(53(71)99)25-114-116-28-46-62(108)87-42(24-94)59(105)86-41(19-35-23-75-30-78-35)67(113)92-15-7-10-47(92)63(109)79-33(5)54(100)89-45(27-117-115-26-44(60(106)90-46)80-50(96)21-69)61(107)81-36(9-6-14-76-68(72)73)56(102)91-52(32(3)4)65(111)84-39(20-49(70)95)58(104)85-40(18-34-22-74-29-77-34)66(112)93-16-8-11-48(93)64(110)82-37(55(101)83-38)12-13-51(97)98/h22-23,29-33,36-48,52,94H,6-21,24-28,69H2,1-5H3,(H2,70,95)(H2,71,99)(H,74,77)(H,75,78)(H,79,109)(H,80,96)(H,81,107)(H,82,110)(H,83,101)(H,84,111)(H,85,104)(H,86,105)(H,87,108)(H,88,103)(H,89,100)(H,90,106)(H,91,102)(H,97,98)(H4,72,73,76)/t33-,36-,37-,38-,39-,40-,41-,42-,43-,44-,45-,46-,47-,48-,52-/m0/s1. The lowest BCUT2D eigenvalue weighted by atomic mass is 10.0. The lowest BCUT2D eigenvalue weighted by Gasteiger charge is -2.31. The Labute approximate surface area is 687 Å². The van der Waals surface area contributed by atoms with E-state index in [0.29, 0.717) is 5.69 Å². The average molecular weight is 1720 g/mol. The molecule has 6 rings (SSSR count). The highest BCUT2D eigenvalue weighted by molar-refractivity contribution is 8.77. The number of hydrogen-bond donors (Lipinski definition) is 23. The van der Waals surface area contributed by atoms with Crippen LogP contribution in [-0.4, -0.2) is 299 Å². The summed E-state index contributed by atoms with van der Waals surface area (Å²) in [6.07, 6.45) is 2.29. The van der Waals surface area contributed by atoms with Crippen molar-refractivity contribution >= 4 is 156 Å². The lowest BCUT2D eigenvalue weighted by molar-refractivity contribution is -0.143. The molecule has 4 saturated heterocycles. The quantitative estimate of drug-likeness (QED) is 0.0253. The minimum atomic E-state index is -1.90. The van der Waals surface area contributed by atoms with Gasteiger partial charge in [-0.3, -0.25) is 91.7 Å². The van der Waals surface area contributed by atoms with Gasteiger partial charge in [0.25, 0.3) is 0 Å². The van der Waals surface area contributed by atoms with E-state index >= 15 is 4.79 Å². The van der Waals surface area contributed by atoms with Crippen LogP contribution in [0.3, 0.4) is 0 Å². The maximum atomic E-state index is 15.0. The Balaban J connectivity index is 1.48. The van der Waals surface area contributed by atoms with Crippen LogP contribution >= 0.6 is 43.2 Å². The molecule has 117 heavy (non-hydrogen) atoms. The molecule has 2 aromatic rings. The number of aromatic amines is 2. The SMILES string of the molecule is CC(C)C[C@@H]1NC(=O)[C@H](CCC(=O)O)NC(=O)[C@@H]2CCCN2C(=O)[C@H](Cc2cnc[nH]2)NC(=O)[C@H](CC(N)=O)NC(=O)[C@H](C(C)C)NC(=O)[C@H](CCCNC(=N)N)NC(=O)[C@@H]2CSSC[C@H](NC(=O)CN)C(=O)N[C@@H](CSSC[C@@H](C(N)=O)NC1=O)C(=O)N[C@@H](CO)C(=O)N[C@@H](Cc1cnc[nH]1)C(=O)N1CCC[C@H]1C(=O)N[C@@H](C)C(=O)N2. The van der Waals surface area contributed by atoms with Crippen molar-refractivity contribution in [3.63, 3.8) is 0 Å². The molecule has 0 radical (unpaired) electrons. The summed E-state index contributed by atoms with van der Waals surface area (Å²) in [5, 5.41) is 63.7. The molecule has 45 nitrogen and oxygen atoms in total. The minimum absolute atomic E-state index is 0.0286. The summed E-state index contributed by atoms with van der Waals surface area (Å²) in [5.41, 5.74) is 23.3. The maximum Gasteiger partial charge on any atom is 0.303 e. The third-order valence-electron chi connectivity index (χ3n) is 18.8. The molecular weight excluding hydrogens is 1620 g/mol. The Bertz CT molecular complexity index is 3890. The number of carboxylic acids is 1. The zero-order valence-corrected chi connectivity index (χ0v) is 68.2. The number of guanidine groups is 1. The second-order valence-corrected chi connectivity index (χ2v) is 33.9. The molecule has 2 aromatic heterocycles. The fraction of sp³-hybridized carbons (Fsp3) is 0.632. The molecule has 27 N–H and O–H groups in total. The summed E-state index contributed by atoms with van der Waals surface area (Å²) >= 11 is 0. The van der Waals surface area contributed by atoms with Gasteiger partial charge in [0, 0.05) is 85.7 Å². The molecular formula is C68H105N25O20S4. The van der Waals surface area contributed by atoms with E-state index in [1.54, 1.807) is 13.8 Å². The van der Waals surface area contributed by atoms with Crippen LogP contribution in [0, 0.1) is 17.2 Å². The van der Waals surface area contributed by atoms with E-state index < -0.39 is 264 Å². The fourth-order valence-electron chi connectivity index (χ4n) is 12.6. The van der Waals surface area contributed by atoms with E-state index in [4.69, 9.17) is 28.3 Å². The summed E-state index contributed by atoms with van der Waals surface area (Å²) in [4.78, 5) is 272. The van der Waals surface area contributed by atoms with E-state index in [0.717, 1.165) is 53.0 Å². The van der Waals surface area contributed by atoms with E-state index in [9.17, 15) is 91.7 Å². The Morgan fingerprint density at radius 1 is 0.556 bits per heavy atom. The Kier molecular flexibility index (Phi) is 38.3. The molecule has 0 aromatic carbocycles. The van der Waals surface area contributed by atoms with Crippen LogP contribution in [-0.2, 0) is 99.1 Å². The monoisotopic (exact) mass is 1720 g/mol. The van der Waals surface area contributed by atoms with Crippen molar-refractivity contribution in [1.29, 1.82) is 5.41 Å². The molecule has 0 unspecified atom stereocenters. The highest BCUT2D eigenvalue weighted by Gasteiger charge is 2.44. The van der Waals surface area contributed by atoms with E-state index in [1.165, 1.54) is 45.8 Å². The summed E-state index contributed by atoms with van der Waals surface area (Å²) in [6, 6.07) is -24.4. The maximum absolute atomic E-state index is 15.0. The normalized spacial score (nSPS) is 27.2. The molecule has 6 heterocycles. The van der Waals surface area contributed by atoms with Gasteiger partial charge in [-0.05, 0) is 70.1 Å². The predicted octanol–water partition coefficient (Wildman–Crippen LogP) is -8.85. The first-order chi connectivity index (χ1) is 55.5. The van der Waals surface area contributed by atoms with Gasteiger partial charge < -0.3 is 127 Å². The van der Waals surface area contributed by atoms with Crippen LogP contribution in [0.1, 0.15) is 110 Å². The highest BCUT2D eigenvalue weighted by atomic mass is 33.1. The number of carbonyl (C=O) groups excluding carboxylic acids is 17. The third kappa shape index (κ3) is 30.2. The number of fused-ring (bicyclic) bond motifs is 10. The van der Waals surface area contributed by atoms with Crippen molar-refractivity contribution in [1.82, 2.24) is 104 Å². The average Bonchev–Trinajstić information content (AvgIpc) is 1.72. The second kappa shape index (κ2) is 47.0. The molecule has 0 spiro atoms. The van der Waals surface area contributed by atoms with Crippen LogP contribution in [0.2, 0.25) is 0 Å². The Hall–Kier alpha value is -10.5. The fourth-order valence-corrected chi connectivity index (χ4v) is 17.3. The van der Waals surface area contributed by atoms with Gasteiger partial charge in [0.2, 0.25) is 100 Å². The molecule has 15 atom stereocenters. The minimum Gasteiger partial charge on any atom is -0.481 e. The number of nitrogens with zero attached hydrogens (tertiary/aromatic N) is 4. The Morgan fingerprint density at radius 3 is 1.53 bits per heavy atom. The van der Waals surface area contributed by atoms with Crippen molar-refractivity contribution in [2.45, 2.75) is 202 Å². The molecule has 4 aliphatic rings. The second-order valence-electron chi connectivity index (χ2n) is 28.8. The van der Waals surface area contributed by atoms with Crippen molar-refractivity contribution in [2.24, 2.45) is 34.8 Å². The number of imidazole rings is 2. The smallest absolute Gasteiger partial charge is 0.303 e. The largest absolute Gasteiger partial charge is 0.481 e. The molecule has 4 fully saturated rings. The van der Waals surface area contributed by atoms with Gasteiger partial charge in [-0.25, -0.2) is 9.97 Å². The van der Waals surface area contributed by atoms with Gasteiger partial charge >= 0.3 is 5.97 Å². The van der Waals surface area contributed by atoms with Gasteiger partial charge in [-0.15, -0.1) is 0 Å². The molecule has 0 saturated carbocycles. The number of carboxylic acid groups (broad SMARTS) is 1. The zero-order valence-electron chi connectivity index (χ0n) is 64.9. The topological polar surface area (TPSA) is 708 Å². The Morgan fingerprint density at radius 2 is 1.03 bits per heavy atom. The van der Waals surface area contributed by atoms with E-state index in [-0.39, 0.29) is 89.0 Å². The number of H-pyrrole nitrogens is 2. The lowest BCUT2D eigenvalue weighted by Crippen LogP contribution is -2.62. The zero-order chi connectivity index (χ0) is 86.3. The molecule has 4 aliphatic heterocycles. The molecule has 49 heteroatoms. The predicted molar refractivity (Wildman–Crippen MR) is 424 cm³/mol. The van der Waals surface area contributed by atoms with Crippen molar-refractivity contribution in [2.75, 3.05) is 55.8 Å². The summed E-state index contributed by atoms with van der Waals surface area (Å²) in [6.45, 7) is 5.54. The first kappa shape index (κ1) is 95.3. The number of nitrogens with one attached hydrogen (secondary N) is 17.